The second-order valence-electron chi connectivity index (χ2n) is 5.89. The maximum atomic E-state index is 10.9. The Morgan fingerprint density at radius 2 is 2.00 bits per heavy atom. The first-order chi connectivity index (χ1) is 7.90. The zero-order chi connectivity index (χ0) is 12.7. The van der Waals surface area contributed by atoms with Gasteiger partial charge in [-0.05, 0) is 16.5 Å². The van der Waals surface area contributed by atoms with Gasteiger partial charge in [-0.25, -0.2) is 0 Å². The number of aliphatic hydroxyl groups is 1. The second kappa shape index (κ2) is 4.09. The molecule has 94 valence electrons. The molecule has 2 rings (SSSR count). The van der Waals surface area contributed by atoms with Gasteiger partial charge in [-0.15, -0.1) is 0 Å². The Balaban J connectivity index is 2.42. The molecule has 0 aromatic heterocycles. The van der Waals surface area contributed by atoms with Crippen molar-refractivity contribution in [2.45, 2.75) is 39.0 Å². The summed E-state index contributed by atoms with van der Waals surface area (Å²) in [5.74, 6) is 0. The Bertz CT molecular complexity index is 411. The highest BCUT2D eigenvalue weighted by Gasteiger charge is 2.48. The lowest BCUT2D eigenvalue weighted by Crippen LogP contribution is -2.56. The summed E-state index contributed by atoms with van der Waals surface area (Å²) in [7, 11) is 0. The summed E-state index contributed by atoms with van der Waals surface area (Å²) in [6, 6.07) is 8.14. The Morgan fingerprint density at radius 3 is 2.59 bits per heavy atom. The SMILES string of the molecule is CC(C)(C)C(O)(CN)C1NCc2ccccc21. The Labute approximate surface area is 103 Å². The summed E-state index contributed by atoms with van der Waals surface area (Å²) >= 11 is 0. The zero-order valence-corrected chi connectivity index (χ0v) is 10.8. The van der Waals surface area contributed by atoms with E-state index in [1.165, 1.54) is 11.1 Å². The van der Waals surface area contributed by atoms with Crippen molar-refractivity contribution >= 4 is 0 Å². The van der Waals surface area contributed by atoms with Gasteiger partial charge in [0, 0.05) is 13.1 Å². The second-order valence-corrected chi connectivity index (χ2v) is 5.89. The quantitative estimate of drug-likeness (QED) is 0.728. The van der Waals surface area contributed by atoms with Gasteiger partial charge in [0.1, 0.15) is 5.60 Å². The zero-order valence-electron chi connectivity index (χ0n) is 10.8. The van der Waals surface area contributed by atoms with Crippen LogP contribution >= 0.6 is 0 Å². The Morgan fingerprint density at radius 1 is 1.35 bits per heavy atom. The van der Waals surface area contributed by atoms with Crippen LogP contribution in [0.5, 0.6) is 0 Å². The molecular weight excluding hydrogens is 212 g/mol. The summed E-state index contributed by atoms with van der Waals surface area (Å²) in [6.07, 6.45) is 0. The molecule has 0 amide bonds. The molecule has 1 aliphatic rings. The van der Waals surface area contributed by atoms with Crippen LogP contribution in [0.25, 0.3) is 0 Å². The average molecular weight is 234 g/mol. The fourth-order valence-electron chi connectivity index (χ4n) is 2.58. The third-order valence-electron chi connectivity index (χ3n) is 3.95. The van der Waals surface area contributed by atoms with E-state index in [0.29, 0.717) is 0 Å². The lowest BCUT2D eigenvalue weighted by atomic mass is 9.70. The largest absolute Gasteiger partial charge is 0.386 e. The minimum atomic E-state index is -0.931. The van der Waals surface area contributed by atoms with Gasteiger partial charge in [0.2, 0.25) is 0 Å². The molecule has 0 saturated heterocycles. The molecule has 1 aromatic carbocycles. The van der Waals surface area contributed by atoms with Crippen molar-refractivity contribution in [2.24, 2.45) is 11.1 Å². The molecule has 2 atom stereocenters. The van der Waals surface area contributed by atoms with Crippen LogP contribution in [0.1, 0.15) is 37.9 Å². The molecule has 3 heteroatoms. The number of hydrogen-bond acceptors (Lipinski definition) is 3. The number of rotatable bonds is 2. The monoisotopic (exact) mass is 234 g/mol. The Hall–Kier alpha value is -0.900. The van der Waals surface area contributed by atoms with Crippen molar-refractivity contribution in [3.8, 4) is 0 Å². The molecule has 1 aliphatic heterocycles. The molecule has 1 aromatic rings. The summed E-state index contributed by atoms with van der Waals surface area (Å²) in [5.41, 5.74) is 7.08. The molecular formula is C14H22N2O. The fraction of sp³-hybridized carbons (Fsp3) is 0.571. The van der Waals surface area contributed by atoms with Crippen molar-refractivity contribution < 1.29 is 5.11 Å². The molecule has 0 fully saturated rings. The fourth-order valence-corrected chi connectivity index (χ4v) is 2.58. The van der Waals surface area contributed by atoms with E-state index < -0.39 is 5.60 Å². The number of benzene rings is 1. The van der Waals surface area contributed by atoms with E-state index in [-0.39, 0.29) is 18.0 Å². The standard InChI is InChI=1S/C14H22N2O/c1-13(2,3)14(17,9-15)12-11-7-5-4-6-10(11)8-16-12/h4-7,12,16-17H,8-9,15H2,1-3H3. The first kappa shape index (κ1) is 12.6. The van der Waals surface area contributed by atoms with Gasteiger partial charge in [-0.1, -0.05) is 45.0 Å². The van der Waals surface area contributed by atoms with Crippen molar-refractivity contribution in [1.82, 2.24) is 5.32 Å². The smallest absolute Gasteiger partial charge is 0.101 e. The van der Waals surface area contributed by atoms with Gasteiger partial charge in [0.25, 0.3) is 0 Å². The molecule has 2 unspecified atom stereocenters. The van der Waals surface area contributed by atoms with E-state index in [1.54, 1.807) is 0 Å². The van der Waals surface area contributed by atoms with Crippen LogP contribution in [0.3, 0.4) is 0 Å². The maximum Gasteiger partial charge on any atom is 0.101 e. The number of hydrogen-bond donors (Lipinski definition) is 3. The van der Waals surface area contributed by atoms with E-state index in [9.17, 15) is 5.11 Å². The van der Waals surface area contributed by atoms with Gasteiger partial charge in [0.05, 0.1) is 6.04 Å². The Kier molecular flexibility index (Phi) is 3.02. The summed E-state index contributed by atoms with van der Waals surface area (Å²) in [4.78, 5) is 0. The van der Waals surface area contributed by atoms with Crippen LogP contribution in [0.2, 0.25) is 0 Å². The highest BCUT2D eigenvalue weighted by atomic mass is 16.3. The topological polar surface area (TPSA) is 58.3 Å². The van der Waals surface area contributed by atoms with Crippen molar-refractivity contribution in [1.29, 1.82) is 0 Å². The first-order valence-electron chi connectivity index (χ1n) is 6.14. The van der Waals surface area contributed by atoms with Crippen molar-refractivity contribution in [3.05, 3.63) is 35.4 Å². The molecule has 3 nitrogen and oxygen atoms in total. The minimum Gasteiger partial charge on any atom is -0.386 e. The predicted octanol–water partition coefficient (Wildman–Crippen LogP) is 1.57. The van der Waals surface area contributed by atoms with Crippen LogP contribution in [-0.4, -0.2) is 17.3 Å². The van der Waals surface area contributed by atoms with Crippen LogP contribution in [0.15, 0.2) is 24.3 Å². The van der Waals surface area contributed by atoms with Gasteiger partial charge in [-0.3, -0.25) is 0 Å². The number of nitrogens with two attached hydrogens (primary N) is 1. The lowest BCUT2D eigenvalue weighted by Gasteiger charge is -2.44. The maximum absolute atomic E-state index is 10.9. The summed E-state index contributed by atoms with van der Waals surface area (Å²) in [5, 5.41) is 14.3. The predicted molar refractivity (Wildman–Crippen MR) is 69.5 cm³/mol. The normalized spacial score (nSPS) is 23.2. The summed E-state index contributed by atoms with van der Waals surface area (Å²) in [6.45, 7) is 7.15. The van der Waals surface area contributed by atoms with E-state index in [0.717, 1.165) is 6.54 Å². The molecule has 0 bridgehead atoms. The van der Waals surface area contributed by atoms with Crippen LogP contribution in [0, 0.1) is 5.41 Å². The number of fused-ring (bicyclic) bond motifs is 1. The highest BCUT2D eigenvalue weighted by molar-refractivity contribution is 5.36. The van der Waals surface area contributed by atoms with Crippen molar-refractivity contribution in [2.75, 3.05) is 6.54 Å². The van der Waals surface area contributed by atoms with Crippen LogP contribution in [-0.2, 0) is 6.54 Å². The van der Waals surface area contributed by atoms with E-state index in [2.05, 4.69) is 17.4 Å². The van der Waals surface area contributed by atoms with Gasteiger partial charge < -0.3 is 16.2 Å². The van der Waals surface area contributed by atoms with Gasteiger partial charge >= 0.3 is 0 Å². The number of nitrogens with one attached hydrogen (secondary N) is 1. The van der Waals surface area contributed by atoms with Gasteiger partial charge in [-0.2, -0.15) is 0 Å². The molecule has 1 heterocycles. The summed E-state index contributed by atoms with van der Waals surface area (Å²) < 4.78 is 0. The van der Waals surface area contributed by atoms with E-state index in [4.69, 9.17) is 5.73 Å². The van der Waals surface area contributed by atoms with E-state index >= 15 is 0 Å². The molecule has 4 N–H and O–H groups in total. The third-order valence-corrected chi connectivity index (χ3v) is 3.95. The molecule has 0 spiro atoms. The van der Waals surface area contributed by atoms with Gasteiger partial charge in [0.15, 0.2) is 0 Å². The van der Waals surface area contributed by atoms with Crippen LogP contribution in [0.4, 0.5) is 0 Å². The van der Waals surface area contributed by atoms with E-state index in [1.807, 2.05) is 32.9 Å². The lowest BCUT2D eigenvalue weighted by molar-refractivity contribution is -0.0782. The molecule has 0 radical (unpaired) electrons. The molecule has 17 heavy (non-hydrogen) atoms. The molecule has 0 aliphatic carbocycles. The third kappa shape index (κ3) is 1.88. The average Bonchev–Trinajstić information content (AvgIpc) is 2.70. The first-order valence-corrected chi connectivity index (χ1v) is 6.14. The highest BCUT2D eigenvalue weighted by Crippen LogP contribution is 2.42. The van der Waals surface area contributed by atoms with Crippen LogP contribution < -0.4 is 11.1 Å². The van der Waals surface area contributed by atoms with Crippen molar-refractivity contribution in [3.63, 3.8) is 0 Å². The molecule has 0 saturated carbocycles. The minimum absolute atomic E-state index is 0.0799.